The fourth-order valence-corrected chi connectivity index (χ4v) is 2.91. The summed E-state index contributed by atoms with van der Waals surface area (Å²) in [6.07, 6.45) is 2.64. The van der Waals surface area contributed by atoms with Crippen LogP contribution in [0.1, 0.15) is 5.69 Å². The van der Waals surface area contributed by atoms with Crippen LogP contribution < -0.4 is 4.72 Å². The molecule has 1 unspecified atom stereocenters. The third-order valence-electron chi connectivity index (χ3n) is 2.68. The number of carboxylic acids is 1. The van der Waals surface area contributed by atoms with Crippen LogP contribution >= 0.6 is 0 Å². The minimum Gasteiger partial charge on any atom is -0.480 e. The molecule has 1 atom stereocenters. The summed E-state index contributed by atoms with van der Waals surface area (Å²) < 4.78 is 39.2. The number of hydrogen-bond acceptors (Lipinski definition) is 4. The number of aromatic nitrogens is 2. The van der Waals surface area contributed by atoms with E-state index < -0.39 is 27.9 Å². The number of carbonyl (C=O) groups is 1. The zero-order valence-electron chi connectivity index (χ0n) is 10.7. The van der Waals surface area contributed by atoms with E-state index in [0.29, 0.717) is 5.69 Å². The van der Waals surface area contributed by atoms with Crippen molar-refractivity contribution in [3.8, 4) is 0 Å². The number of aromatic amines is 1. The molecule has 1 aromatic carbocycles. The van der Waals surface area contributed by atoms with Gasteiger partial charge < -0.3 is 10.1 Å². The number of halogens is 1. The number of hydrogen-bond donors (Lipinski definition) is 3. The van der Waals surface area contributed by atoms with Crippen molar-refractivity contribution in [2.75, 3.05) is 0 Å². The van der Waals surface area contributed by atoms with Gasteiger partial charge in [-0.1, -0.05) is 6.07 Å². The lowest BCUT2D eigenvalue weighted by Gasteiger charge is -2.14. The molecule has 0 aliphatic heterocycles. The van der Waals surface area contributed by atoms with Crippen molar-refractivity contribution in [2.24, 2.45) is 0 Å². The van der Waals surface area contributed by atoms with Gasteiger partial charge in [0.15, 0.2) is 0 Å². The van der Waals surface area contributed by atoms with Gasteiger partial charge in [-0.05, 0) is 18.2 Å². The number of H-pyrrole nitrogens is 1. The van der Waals surface area contributed by atoms with Crippen LogP contribution in [0, 0.1) is 5.82 Å². The lowest BCUT2D eigenvalue weighted by molar-refractivity contribution is -0.138. The Labute approximate surface area is 119 Å². The molecule has 0 aliphatic rings. The molecule has 112 valence electrons. The quantitative estimate of drug-likeness (QED) is 0.720. The predicted octanol–water partition coefficient (Wildman–Crippen LogP) is 0.523. The molecule has 0 spiro atoms. The van der Waals surface area contributed by atoms with E-state index in [1.807, 2.05) is 4.72 Å². The van der Waals surface area contributed by atoms with Gasteiger partial charge in [0, 0.05) is 18.3 Å². The summed E-state index contributed by atoms with van der Waals surface area (Å²) in [6.45, 7) is 0. The Morgan fingerprint density at radius 1 is 1.48 bits per heavy atom. The summed E-state index contributed by atoms with van der Waals surface area (Å²) in [5.41, 5.74) is 0.462. The monoisotopic (exact) mass is 313 g/mol. The van der Waals surface area contributed by atoms with Crippen molar-refractivity contribution >= 4 is 16.0 Å². The first-order chi connectivity index (χ1) is 9.88. The van der Waals surface area contributed by atoms with Gasteiger partial charge in [-0.3, -0.25) is 4.79 Å². The Morgan fingerprint density at radius 2 is 2.24 bits per heavy atom. The topological polar surface area (TPSA) is 112 Å². The smallest absolute Gasteiger partial charge is 0.322 e. The number of imidazole rings is 1. The molecule has 7 nitrogen and oxygen atoms in total. The summed E-state index contributed by atoms with van der Waals surface area (Å²) in [7, 11) is -4.14. The summed E-state index contributed by atoms with van der Waals surface area (Å²) in [6, 6.07) is 2.93. The number of benzene rings is 1. The molecule has 0 saturated carbocycles. The highest BCUT2D eigenvalue weighted by molar-refractivity contribution is 7.89. The Morgan fingerprint density at radius 3 is 2.81 bits per heavy atom. The molecular formula is C12H12FN3O4S. The van der Waals surface area contributed by atoms with E-state index in [2.05, 4.69) is 9.97 Å². The maximum Gasteiger partial charge on any atom is 0.322 e. The van der Waals surface area contributed by atoms with Gasteiger partial charge in [-0.15, -0.1) is 0 Å². The molecule has 3 N–H and O–H groups in total. The van der Waals surface area contributed by atoms with E-state index in [-0.39, 0.29) is 11.3 Å². The summed E-state index contributed by atoms with van der Waals surface area (Å²) in [5, 5.41) is 9.10. The molecular weight excluding hydrogens is 301 g/mol. The Balaban J connectivity index is 2.21. The first-order valence-electron chi connectivity index (χ1n) is 5.86. The van der Waals surface area contributed by atoms with E-state index in [1.165, 1.54) is 24.7 Å². The average Bonchev–Trinajstić information content (AvgIpc) is 2.90. The van der Waals surface area contributed by atoms with Crippen LogP contribution in [0.25, 0.3) is 0 Å². The molecule has 2 rings (SSSR count). The molecule has 0 fully saturated rings. The zero-order valence-corrected chi connectivity index (χ0v) is 11.5. The van der Waals surface area contributed by atoms with Crippen molar-refractivity contribution in [3.05, 3.63) is 48.3 Å². The minimum absolute atomic E-state index is 0.107. The second-order valence-electron chi connectivity index (χ2n) is 4.25. The van der Waals surface area contributed by atoms with Crippen LogP contribution in [0.5, 0.6) is 0 Å². The SMILES string of the molecule is O=C(O)C(Cc1cnc[nH]1)NS(=O)(=O)c1cccc(F)c1. The molecule has 2 aromatic rings. The third kappa shape index (κ3) is 3.86. The molecule has 21 heavy (non-hydrogen) atoms. The van der Waals surface area contributed by atoms with E-state index in [9.17, 15) is 17.6 Å². The molecule has 0 bridgehead atoms. The normalized spacial score (nSPS) is 13.0. The van der Waals surface area contributed by atoms with Crippen molar-refractivity contribution in [1.82, 2.24) is 14.7 Å². The highest BCUT2D eigenvalue weighted by atomic mass is 32.2. The molecule has 0 radical (unpaired) electrons. The highest BCUT2D eigenvalue weighted by Crippen LogP contribution is 2.12. The number of sulfonamides is 1. The van der Waals surface area contributed by atoms with Crippen molar-refractivity contribution < 1.29 is 22.7 Å². The first-order valence-corrected chi connectivity index (χ1v) is 7.35. The van der Waals surface area contributed by atoms with Crippen molar-refractivity contribution in [2.45, 2.75) is 17.4 Å². The van der Waals surface area contributed by atoms with E-state index in [4.69, 9.17) is 5.11 Å². The van der Waals surface area contributed by atoms with Gasteiger partial charge in [0.2, 0.25) is 10.0 Å². The van der Waals surface area contributed by atoms with E-state index in [1.54, 1.807) is 0 Å². The molecule has 9 heteroatoms. The minimum atomic E-state index is -4.14. The van der Waals surface area contributed by atoms with Gasteiger partial charge in [0.25, 0.3) is 0 Å². The maximum absolute atomic E-state index is 13.1. The van der Waals surface area contributed by atoms with E-state index >= 15 is 0 Å². The van der Waals surface area contributed by atoms with Gasteiger partial charge >= 0.3 is 5.97 Å². The van der Waals surface area contributed by atoms with Gasteiger partial charge in [-0.2, -0.15) is 4.72 Å². The molecule has 1 heterocycles. The number of nitrogens with one attached hydrogen (secondary N) is 2. The molecule has 1 aromatic heterocycles. The Hall–Kier alpha value is -2.26. The maximum atomic E-state index is 13.1. The van der Waals surface area contributed by atoms with Crippen LogP contribution in [0.2, 0.25) is 0 Å². The number of nitrogens with zero attached hydrogens (tertiary/aromatic N) is 1. The highest BCUT2D eigenvalue weighted by Gasteiger charge is 2.26. The fourth-order valence-electron chi connectivity index (χ4n) is 1.69. The summed E-state index contributed by atoms with van der Waals surface area (Å²) in [4.78, 5) is 17.2. The largest absolute Gasteiger partial charge is 0.480 e. The zero-order chi connectivity index (χ0) is 15.5. The summed E-state index contributed by atoms with van der Waals surface area (Å²) >= 11 is 0. The molecule has 0 amide bonds. The number of aliphatic carboxylic acids is 1. The second-order valence-corrected chi connectivity index (χ2v) is 5.96. The lowest BCUT2D eigenvalue weighted by atomic mass is 10.2. The standard InChI is InChI=1S/C12H12FN3O4S/c13-8-2-1-3-10(4-8)21(19,20)16-11(12(17)18)5-9-6-14-7-15-9/h1-4,6-7,11,16H,5H2,(H,14,15)(H,17,18). The van der Waals surface area contributed by atoms with Crippen LogP contribution in [0.4, 0.5) is 4.39 Å². The molecule has 0 saturated heterocycles. The average molecular weight is 313 g/mol. The molecule has 0 aliphatic carbocycles. The fraction of sp³-hybridized carbons (Fsp3) is 0.167. The number of rotatable bonds is 6. The second kappa shape index (κ2) is 6.02. The lowest BCUT2D eigenvalue weighted by Crippen LogP contribution is -2.42. The van der Waals surface area contributed by atoms with E-state index in [0.717, 1.165) is 12.1 Å². The summed E-state index contributed by atoms with van der Waals surface area (Å²) in [5.74, 6) is -2.07. The Kier molecular flexibility index (Phi) is 4.34. The predicted molar refractivity (Wildman–Crippen MR) is 70.4 cm³/mol. The van der Waals surface area contributed by atoms with Gasteiger partial charge in [0.05, 0.1) is 11.2 Å². The van der Waals surface area contributed by atoms with Crippen molar-refractivity contribution in [3.63, 3.8) is 0 Å². The van der Waals surface area contributed by atoms with Crippen LogP contribution in [-0.2, 0) is 21.2 Å². The van der Waals surface area contributed by atoms with Crippen molar-refractivity contribution in [1.29, 1.82) is 0 Å². The van der Waals surface area contributed by atoms with Crippen LogP contribution in [0.15, 0.2) is 41.7 Å². The number of carboxylic acid groups (broad SMARTS) is 1. The first kappa shape index (κ1) is 15.1. The van der Waals surface area contributed by atoms with Crippen LogP contribution in [-0.4, -0.2) is 35.5 Å². The third-order valence-corrected chi connectivity index (χ3v) is 4.15. The van der Waals surface area contributed by atoms with Crippen LogP contribution in [0.3, 0.4) is 0 Å². The van der Waals surface area contributed by atoms with Gasteiger partial charge in [0.1, 0.15) is 11.9 Å². The Bertz CT molecular complexity index is 731. The van der Waals surface area contributed by atoms with Gasteiger partial charge in [-0.25, -0.2) is 17.8 Å².